The molecule has 0 unspecified atom stereocenters. The molecule has 2 heteroatoms. The summed E-state index contributed by atoms with van der Waals surface area (Å²) in [5, 5.41) is 2.48. The van der Waals surface area contributed by atoms with Crippen molar-refractivity contribution in [3.8, 4) is 0 Å². The van der Waals surface area contributed by atoms with Gasteiger partial charge in [0, 0.05) is 22.2 Å². The summed E-state index contributed by atoms with van der Waals surface area (Å²) in [6, 6.07) is 10.7. The van der Waals surface area contributed by atoms with Crippen molar-refractivity contribution in [2.75, 3.05) is 0 Å². The quantitative estimate of drug-likeness (QED) is 0.661. The predicted molar refractivity (Wildman–Crippen MR) is 72.4 cm³/mol. The number of hydrogen-bond donors (Lipinski definition) is 1. The Morgan fingerprint density at radius 3 is 2.71 bits per heavy atom. The maximum Gasteiger partial charge on any atom is 0.0726 e. The molecule has 3 rings (SSSR count). The number of rotatable bonds is 1. The van der Waals surface area contributed by atoms with Crippen molar-refractivity contribution >= 4 is 21.8 Å². The number of H-pyrrole nitrogens is 1. The third kappa shape index (κ3) is 1.60. The third-order valence-corrected chi connectivity index (χ3v) is 3.25. The van der Waals surface area contributed by atoms with Crippen LogP contribution in [0.1, 0.15) is 31.2 Å². The lowest BCUT2D eigenvalue weighted by molar-refractivity contribution is 0.837. The zero-order valence-corrected chi connectivity index (χ0v) is 10.4. The van der Waals surface area contributed by atoms with Crippen LogP contribution in [0, 0.1) is 6.92 Å². The van der Waals surface area contributed by atoms with Crippen molar-refractivity contribution in [2.24, 2.45) is 0 Å². The summed E-state index contributed by atoms with van der Waals surface area (Å²) in [7, 11) is 0. The SMILES string of the molecule is Cc1ccc2c(ccc3cc(C(C)C)[nH]c32)n1. The Bertz CT molecular complexity index is 693. The Kier molecular flexibility index (Phi) is 2.18. The van der Waals surface area contributed by atoms with Crippen LogP contribution in [0.4, 0.5) is 0 Å². The maximum atomic E-state index is 4.56. The lowest BCUT2D eigenvalue weighted by Crippen LogP contribution is -1.86. The van der Waals surface area contributed by atoms with Crippen LogP contribution in [-0.4, -0.2) is 9.97 Å². The molecule has 17 heavy (non-hydrogen) atoms. The van der Waals surface area contributed by atoms with Gasteiger partial charge in [-0.25, -0.2) is 0 Å². The monoisotopic (exact) mass is 224 g/mol. The molecule has 0 fully saturated rings. The van der Waals surface area contributed by atoms with E-state index >= 15 is 0 Å². The van der Waals surface area contributed by atoms with Gasteiger partial charge in [-0.3, -0.25) is 4.98 Å². The minimum Gasteiger partial charge on any atom is -0.358 e. The average Bonchev–Trinajstić information content (AvgIpc) is 2.72. The largest absolute Gasteiger partial charge is 0.358 e. The van der Waals surface area contributed by atoms with Gasteiger partial charge in [-0.15, -0.1) is 0 Å². The van der Waals surface area contributed by atoms with Gasteiger partial charge in [0.15, 0.2) is 0 Å². The fraction of sp³-hybridized carbons (Fsp3) is 0.267. The van der Waals surface area contributed by atoms with Gasteiger partial charge in [0.05, 0.1) is 11.0 Å². The second-order valence-corrected chi connectivity index (χ2v) is 4.93. The normalized spacial score (nSPS) is 11.8. The highest BCUT2D eigenvalue weighted by Gasteiger charge is 2.07. The van der Waals surface area contributed by atoms with Crippen molar-refractivity contribution in [1.29, 1.82) is 0 Å². The van der Waals surface area contributed by atoms with E-state index in [2.05, 4.69) is 54.1 Å². The highest BCUT2D eigenvalue weighted by atomic mass is 14.7. The van der Waals surface area contributed by atoms with E-state index in [1.807, 2.05) is 6.92 Å². The van der Waals surface area contributed by atoms with Crippen molar-refractivity contribution in [3.05, 3.63) is 41.7 Å². The van der Waals surface area contributed by atoms with E-state index in [0.29, 0.717) is 5.92 Å². The van der Waals surface area contributed by atoms with E-state index in [-0.39, 0.29) is 0 Å². The number of nitrogens with one attached hydrogen (secondary N) is 1. The lowest BCUT2D eigenvalue weighted by Gasteiger charge is -2.01. The molecule has 2 heterocycles. The molecule has 0 aliphatic heterocycles. The van der Waals surface area contributed by atoms with Crippen LogP contribution in [0.2, 0.25) is 0 Å². The Morgan fingerprint density at radius 2 is 1.94 bits per heavy atom. The summed E-state index contributed by atoms with van der Waals surface area (Å²) < 4.78 is 0. The first-order valence-electron chi connectivity index (χ1n) is 6.04. The topological polar surface area (TPSA) is 28.7 Å². The number of hydrogen-bond acceptors (Lipinski definition) is 1. The molecule has 86 valence electrons. The first kappa shape index (κ1) is 10.3. The molecule has 1 aromatic carbocycles. The number of nitrogens with zero attached hydrogens (tertiary/aromatic N) is 1. The van der Waals surface area contributed by atoms with E-state index in [9.17, 15) is 0 Å². The molecular formula is C15H16N2. The van der Waals surface area contributed by atoms with Crippen LogP contribution in [0.5, 0.6) is 0 Å². The fourth-order valence-corrected chi connectivity index (χ4v) is 2.24. The first-order valence-corrected chi connectivity index (χ1v) is 6.04. The molecular weight excluding hydrogens is 208 g/mol. The van der Waals surface area contributed by atoms with Crippen molar-refractivity contribution in [3.63, 3.8) is 0 Å². The summed E-state index contributed by atoms with van der Waals surface area (Å²) in [5.74, 6) is 0.524. The van der Waals surface area contributed by atoms with Gasteiger partial charge in [-0.1, -0.05) is 19.9 Å². The van der Waals surface area contributed by atoms with E-state index in [1.165, 1.54) is 22.0 Å². The molecule has 0 radical (unpaired) electrons. The maximum absolute atomic E-state index is 4.56. The van der Waals surface area contributed by atoms with Gasteiger partial charge in [0.2, 0.25) is 0 Å². The van der Waals surface area contributed by atoms with Gasteiger partial charge in [0.1, 0.15) is 0 Å². The summed E-state index contributed by atoms with van der Waals surface area (Å²) in [6.45, 7) is 6.43. The summed E-state index contributed by atoms with van der Waals surface area (Å²) >= 11 is 0. The average molecular weight is 224 g/mol. The van der Waals surface area contributed by atoms with Crippen LogP contribution in [0.25, 0.3) is 21.8 Å². The Labute approximate surface area is 101 Å². The van der Waals surface area contributed by atoms with Crippen LogP contribution in [0.3, 0.4) is 0 Å². The summed E-state index contributed by atoms with van der Waals surface area (Å²) in [5.41, 5.74) is 4.62. The zero-order valence-electron chi connectivity index (χ0n) is 10.4. The Hall–Kier alpha value is -1.83. The standard InChI is InChI=1S/C15H16N2/c1-9(2)14-8-11-5-7-13-12(15(11)17-14)6-4-10(3)16-13/h4-9,17H,1-3H3. The smallest absolute Gasteiger partial charge is 0.0726 e. The number of fused-ring (bicyclic) bond motifs is 3. The summed E-state index contributed by atoms with van der Waals surface area (Å²) in [6.07, 6.45) is 0. The lowest BCUT2D eigenvalue weighted by atomic mass is 10.1. The van der Waals surface area contributed by atoms with Gasteiger partial charge < -0.3 is 4.98 Å². The van der Waals surface area contributed by atoms with Crippen LogP contribution < -0.4 is 0 Å². The van der Waals surface area contributed by atoms with E-state index in [0.717, 1.165) is 11.2 Å². The number of pyridine rings is 1. The van der Waals surface area contributed by atoms with Crippen LogP contribution in [0.15, 0.2) is 30.3 Å². The summed E-state index contributed by atoms with van der Waals surface area (Å²) in [4.78, 5) is 8.08. The second-order valence-electron chi connectivity index (χ2n) is 4.93. The molecule has 0 amide bonds. The highest BCUT2D eigenvalue weighted by molar-refractivity contribution is 6.04. The number of aromatic nitrogens is 2. The molecule has 3 aromatic rings. The van der Waals surface area contributed by atoms with Gasteiger partial charge >= 0.3 is 0 Å². The van der Waals surface area contributed by atoms with Crippen LogP contribution >= 0.6 is 0 Å². The molecule has 0 spiro atoms. The molecule has 2 nitrogen and oxygen atoms in total. The van der Waals surface area contributed by atoms with Crippen LogP contribution in [-0.2, 0) is 0 Å². The molecule has 0 atom stereocenters. The van der Waals surface area contributed by atoms with Gasteiger partial charge in [-0.2, -0.15) is 0 Å². The zero-order chi connectivity index (χ0) is 12.0. The van der Waals surface area contributed by atoms with Crippen molar-refractivity contribution < 1.29 is 0 Å². The fourth-order valence-electron chi connectivity index (χ4n) is 2.24. The van der Waals surface area contributed by atoms with Gasteiger partial charge in [0.25, 0.3) is 0 Å². The molecule has 1 N–H and O–H groups in total. The third-order valence-electron chi connectivity index (χ3n) is 3.25. The molecule has 0 bridgehead atoms. The molecule has 0 saturated carbocycles. The minimum atomic E-state index is 0.524. The number of aromatic amines is 1. The van der Waals surface area contributed by atoms with E-state index in [4.69, 9.17) is 0 Å². The predicted octanol–water partition coefficient (Wildman–Crippen LogP) is 4.15. The molecule has 0 aliphatic rings. The van der Waals surface area contributed by atoms with Crippen molar-refractivity contribution in [2.45, 2.75) is 26.7 Å². The van der Waals surface area contributed by atoms with Crippen molar-refractivity contribution in [1.82, 2.24) is 9.97 Å². The minimum absolute atomic E-state index is 0.524. The first-order chi connectivity index (χ1) is 8.15. The Balaban J connectivity index is 2.38. The molecule has 2 aromatic heterocycles. The van der Waals surface area contributed by atoms with Gasteiger partial charge in [-0.05, 0) is 37.1 Å². The van der Waals surface area contributed by atoms with E-state index < -0.39 is 0 Å². The molecule has 0 aliphatic carbocycles. The van der Waals surface area contributed by atoms with E-state index in [1.54, 1.807) is 0 Å². The second kappa shape index (κ2) is 3.59. The molecule has 0 saturated heterocycles. The number of benzene rings is 1. The number of aryl methyl sites for hydroxylation is 1. The highest BCUT2D eigenvalue weighted by Crippen LogP contribution is 2.27. The Morgan fingerprint density at radius 1 is 1.12 bits per heavy atom.